The summed E-state index contributed by atoms with van der Waals surface area (Å²) in [4.78, 5) is 12.6. The number of hydrogen-bond donors (Lipinski definition) is 3. The number of benzene rings is 1. The summed E-state index contributed by atoms with van der Waals surface area (Å²) in [6.45, 7) is 3.25. The summed E-state index contributed by atoms with van der Waals surface area (Å²) in [6, 6.07) is 6.40. The van der Waals surface area contributed by atoms with Gasteiger partial charge in [-0.2, -0.15) is 4.31 Å². The molecule has 0 bridgehead atoms. The molecule has 2 aliphatic rings. The minimum atomic E-state index is -3.56. The van der Waals surface area contributed by atoms with Crippen molar-refractivity contribution in [1.29, 1.82) is 0 Å². The Balaban J connectivity index is 1.58. The van der Waals surface area contributed by atoms with Crippen molar-refractivity contribution in [2.24, 2.45) is 5.92 Å². The number of sulfonamides is 1. The Bertz CT molecular complexity index is 822. The fourth-order valence-electron chi connectivity index (χ4n) is 3.80. The maximum Gasteiger partial charge on any atom is 0.269 e. The highest BCUT2D eigenvalue weighted by Crippen LogP contribution is 2.23. The molecule has 1 saturated heterocycles. The molecule has 1 aromatic carbocycles. The molecule has 3 N–H and O–H groups in total. The van der Waals surface area contributed by atoms with Crippen molar-refractivity contribution < 1.29 is 13.2 Å². The number of rotatable bonds is 4. The monoisotopic (exact) mass is 424 g/mol. The average molecular weight is 425 g/mol. The molecule has 2 fully saturated rings. The SMILES string of the molecule is C[C@H]1CCCC[C@@H]1NC(=S)NNC(=O)c1cccc(S(=O)(=O)N2CCCC2)c1. The van der Waals surface area contributed by atoms with E-state index in [0.29, 0.717) is 30.2 Å². The molecule has 0 unspecified atom stereocenters. The van der Waals surface area contributed by atoms with E-state index in [-0.39, 0.29) is 10.5 Å². The van der Waals surface area contributed by atoms with E-state index in [2.05, 4.69) is 23.1 Å². The third-order valence-electron chi connectivity index (χ3n) is 5.52. The first-order valence-corrected chi connectivity index (χ1v) is 11.7. The number of thiocarbonyl (C=S) groups is 1. The summed E-state index contributed by atoms with van der Waals surface area (Å²) in [7, 11) is -3.56. The highest BCUT2D eigenvalue weighted by molar-refractivity contribution is 7.89. The molecule has 1 aromatic rings. The number of carbonyl (C=O) groups excluding carboxylic acids is 1. The third kappa shape index (κ3) is 5.01. The van der Waals surface area contributed by atoms with Crippen LogP contribution in [0.5, 0.6) is 0 Å². The van der Waals surface area contributed by atoms with Crippen LogP contribution in [0.15, 0.2) is 29.2 Å². The fraction of sp³-hybridized carbons (Fsp3) is 0.579. The Morgan fingerprint density at radius 3 is 2.54 bits per heavy atom. The molecule has 1 aliphatic heterocycles. The van der Waals surface area contributed by atoms with Gasteiger partial charge in [-0.05, 0) is 62.0 Å². The summed E-state index contributed by atoms with van der Waals surface area (Å²) in [6.07, 6.45) is 6.39. The highest BCUT2D eigenvalue weighted by atomic mass is 32.2. The molecule has 0 spiro atoms. The number of hydrazine groups is 1. The first-order valence-electron chi connectivity index (χ1n) is 9.85. The van der Waals surface area contributed by atoms with Crippen molar-refractivity contribution in [3.63, 3.8) is 0 Å². The summed E-state index contributed by atoms with van der Waals surface area (Å²) in [5, 5.41) is 3.62. The summed E-state index contributed by atoms with van der Waals surface area (Å²) in [5.74, 6) is 0.107. The zero-order chi connectivity index (χ0) is 20.1. The molecule has 0 radical (unpaired) electrons. The predicted molar refractivity (Wildman–Crippen MR) is 112 cm³/mol. The molecule has 1 saturated carbocycles. The quantitative estimate of drug-likeness (QED) is 0.507. The van der Waals surface area contributed by atoms with Crippen LogP contribution in [0.3, 0.4) is 0 Å². The van der Waals surface area contributed by atoms with Gasteiger partial charge in [-0.15, -0.1) is 0 Å². The van der Waals surface area contributed by atoms with Gasteiger partial charge in [-0.25, -0.2) is 8.42 Å². The molecule has 2 atom stereocenters. The van der Waals surface area contributed by atoms with E-state index in [4.69, 9.17) is 12.2 Å². The molecular weight excluding hydrogens is 396 g/mol. The molecule has 154 valence electrons. The molecule has 3 rings (SSSR count). The maximum absolute atomic E-state index is 12.7. The molecular formula is C19H28N4O3S2. The summed E-state index contributed by atoms with van der Waals surface area (Å²) < 4.78 is 26.8. The van der Waals surface area contributed by atoms with Gasteiger partial charge in [0.2, 0.25) is 10.0 Å². The Morgan fingerprint density at radius 1 is 1.11 bits per heavy atom. The van der Waals surface area contributed by atoms with Crippen LogP contribution in [-0.4, -0.2) is 42.9 Å². The Labute approximate surface area is 172 Å². The van der Waals surface area contributed by atoms with Gasteiger partial charge in [0.15, 0.2) is 5.11 Å². The Morgan fingerprint density at radius 2 is 1.82 bits per heavy atom. The van der Waals surface area contributed by atoms with Crippen LogP contribution in [0, 0.1) is 5.92 Å². The van der Waals surface area contributed by atoms with Crippen LogP contribution in [0.4, 0.5) is 0 Å². The molecule has 28 heavy (non-hydrogen) atoms. The Hall–Kier alpha value is -1.71. The number of amides is 1. The van der Waals surface area contributed by atoms with E-state index in [1.165, 1.54) is 35.7 Å². The standard InChI is InChI=1S/C19H28N4O3S2/c1-14-7-2-3-10-17(14)20-19(27)22-21-18(24)15-8-6-9-16(13-15)28(25,26)23-11-4-5-12-23/h6,8-9,13-14,17H,2-5,7,10-12H2,1H3,(H,21,24)(H2,20,22,27)/t14-,17-/m0/s1. The topological polar surface area (TPSA) is 90.5 Å². The van der Waals surface area contributed by atoms with Crippen molar-refractivity contribution >= 4 is 33.3 Å². The van der Waals surface area contributed by atoms with E-state index >= 15 is 0 Å². The first kappa shape index (κ1) is 21.0. The van der Waals surface area contributed by atoms with Gasteiger partial charge in [0.25, 0.3) is 5.91 Å². The summed E-state index contributed by atoms with van der Waals surface area (Å²) >= 11 is 5.27. The van der Waals surface area contributed by atoms with Gasteiger partial charge in [0, 0.05) is 24.7 Å². The lowest BCUT2D eigenvalue weighted by Gasteiger charge is -2.30. The molecule has 1 heterocycles. The minimum absolute atomic E-state index is 0.138. The predicted octanol–water partition coefficient (Wildman–Crippen LogP) is 2.16. The van der Waals surface area contributed by atoms with Crippen LogP contribution in [0.25, 0.3) is 0 Å². The van der Waals surface area contributed by atoms with E-state index in [0.717, 1.165) is 19.3 Å². The second-order valence-corrected chi connectivity index (χ2v) is 9.91. The van der Waals surface area contributed by atoms with Gasteiger partial charge in [0.1, 0.15) is 0 Å². The van der Waals surface area contributed by atoms with Crippen LogP contribution in [0.1, 0.15) is 55.8 Å². The van der Waals surface area contributed by atoms with Crippen molar-refractivity contribution in [2.75, 3.05) is 13.1 Å². The van der Waals surface area contributed by atoms with E-state index in [9.17, 15) is 13.2 Å². The van der Waals surface area contributed by atoms with Gasteiger partial charge in [-0.1, -0.05) is 25.8 Å². The number of nitrogens with one attached hydrogen (secondary N) is 3. The number of hydrogen-bond acceptors (Lipinski definition) is 4. The van der Waals surface area contributed by atoms with Gasteiger partial charge < -0.3 is 5.32 Å². The third-order valence-corrected chi connectivity index (χ3v) is 7.63. The normalized spacial score (nSPS) is 23.2. The number of nitrogens with zero attached hydrogens (tertiary/aromatic N) is 1. The highest BCUT2D eigenvalue weighted by Gasteiger charge is 2.27. The zero-order valence-electron chi connectivity index (χ0n) is 16.1. The van der Waals surface area contributed by atoms with E-state index < -0.39 is 15.9 Å². The van der Waals surface area contributed by atoms with Crippen molar-refractivity contribution in [1.82, 2.24) is 20.5 Å². The molecule has 1 amide bonds. The maximum atomic E-state index is 12.7. The molecule has 0 aromatic heterocycles. The van der Waals surface area contributed by atoms with Gasteiger partial charge in [-0.3, -0.25) is 15.6 Å². The second kappa shape index (κ2) is 9.19. The van der Waals surface area contributed by atoms with Crippen LogP contribution in [0.2, 0.25) is 0 Å². The van der Waals surface area contributed by atoms with Crippen LogP contribution >= 0.6 is 12.2 Å². The van der Waals surface area contributed by atoms with Crippen molar-refractivity contribution in [3.8, 4) is 0 Å². The van der Waals surface area contributed by atoms with Crippen molar-refractivity contribution in [2.45, 2.75) is 56.4 Å². The zero-order valence-corrected chi connectivity index (χ0v) is 17.7. The van der Waals surface area contributed by atoms with Gasteiger partial charge in [0.05, 0.1) is 4.90 Å². The van der Waals surface area contributed by atoms with E-state index in [1.54, 1.807) is 12.1 Å². The average Bonchev–Trinajstić information content (AvgIpc) is 3.24. The fourth-order valence-corrected chi connectivity index (χ4v) is 5.56. The first-order chi connectivity index (χ1) is 13.4. The lowest BCUT2D eigenvalue weighted by atomic mass is 9.86. The van der Waals surface area contributed by atoms with Crippen LogP contribution < -0.4 is 16.2 Å². The van der Waals surface area contributed by atoms with E-state index in [1.807, 2.05) is 0 Å². The van der Waals surface area contributed by atoms with Crippen molar-refractivity contribution in [3.05, 3.63) is 29.8 Å². The molecule has 1 aliphatic carbocycles. The lowest BCUT2D eigenvalue weighted by molar-refractivity contribution is 0.0943. The second-order valence-electron chi connectivity index (χ2n) is 7.56. The Kier molecular flexibility index (Phi) is 6.90. The minimum Gasteiger partial charge on any atom is -0.358 e. The smallest absolute Gasteiger partial charge is 0.269 e. The molecule has 9 heteroatoms. The largest absolute Gasteiger partial charge is 0.358 e. The number of carbonyl (C=O) groups is 1. The summed E-state index contributed by atoms with van der Waals surface area (Å²) in [5.41, 5.74) is 5.54. The van der Waals surface area contributed by atoms with Gasteiger partial charge >= 0.3 is 0 Å². The lowest BCUT2D eigenvalue weighted by Crippen LogP contribution is -2.51. The molecule has 7 nitrogen and oxygen atoms in total. The van der Waals surface area contributed by atoms with Crippen LogP contribution in [-0.2, 0) is 10.0 Å².